The maximum Gasteiger partial charge on any atom is 0.405 e. The van der Waals surface area contributed by atoms with Gasteiger partial charge in [-0.15, -0.1) is 11.3 Å². The molecule has 1 rings (SSSR count). The fourth-order valence-electron chi connectivity index (χ4n) is 1.08. The zero-order valence-corrected chi connectivity index (χ0v) is 9.32. The van der Waals surface area contributed by atoms with Gasteiger partial charge in [0.2, 0.25) is 0 Å². The lowest BCUT2D eigenvalue weighted by atomic mass is 10.4. The smallest absolute Gasteiger partial charge is 0.405 e. The Morgan fingerprint density at radius 3 is 2.50 bits per heavy atom. The highest BCUT2D eigenvalue weighted by Gasteiger charge is 2.30. The Morgan fingerprint density at radius 1 is 1.56 bits per heavy atom. The van der Waals surface area contributed by atoms with E-state index in [0.29, 0.717) is 4.88 Å². The molecule has 0 saturated carbocycles. The van der Waals surface area contributed by atoms with Crippen molar-refractivity contribution >= 4 is 22.4 Å². The van der Waals surface area contributed by atoms with Crippen LogP contribution in [0.5, 0.6) is 0 Å². The van der Waals surface area contributed by atoms with E-state index >= 15 is 0 Å². The number of thiazole rings is 1. The number of nitrogens with zero attached hydrogens (tertiary/aromatic N) is 2. The Labute approximate surface area is 93.3 Å². The number of halogens is 3. The molecule has 0 aliphatic heterocycles. The molecular formula is C8H9F3N2O2S. The van der Waals surface area contributed by atoms with Crippen molar-refractivity contribution in [2.24, 2.45) is 0 Å². The van der Waals surface area contributed by atoms with Gasteiger partial charge in [0, 0.05) is 11.9 Å². The molecule has 0 aliphatic rings. The van der Waals surface area contributed by atoms with Crippen molar-refractivity contribution in [3.05, 3.63) is 10.6 Å². The summed E-state index contributed by atoms with van der Waals surface area (Å²) in [5.41, 5.74) is -0.200. The minimum absolute atomic E-state index is 0.0484. The van der Waals surface area contributed by atoms with Crippen LogP contribution >= 0.6 is 11.3 Å². The summed E-state index contributed by atoms with van der Waals surface area (Å²) in [6.07, 6.45) is -4.34. The number of alkyl halides is 3. The Hall–Kier alpha value is -1.31. The predicted molar refractivity (Wildman–Crippen MR) is 53.1 cm³/mol. The van der Waals surface area contributed by atoms with Gasteiger partial charge in [-0.3, -0.25) is 0 Å². The Balaban J connectivity index is 2.89. The second kappa shape index (κ2) is 4.28. The standard InChI is InChI=1S/C8H9F3N2O2S/c1-4-5(6(14)15)12-7(16-4)13(2)3-8(9,10)11/h3H2,1-2H3,(H,14,15). The molecule has 90 valence electrons. The highest BCUT2D eigenvalue weighted by Crippen LogP contribution is 2.27. The number of anilines is 1. The molecule has 0 radical (unpaired) electrons. The number of rotatable bonds is 3. The summed E-state index contributed by atoms with van der Waals surface area (Å²) in [4.78, 5) is 15.5. The fourth-order valence-corrected chi connectivity index (χ4v) is 1.94. The lowest BCUT2D eigenvalue weighted by Gasteiger charge is -2.17. The first-order chi connectivity index (χ1) is 7.20. The molecular weight excluding hydrogens is 245 g/mol. The molecule has 0 atom stereocenters. The molecule has 0 aliphatic carbocycles. The molecule has 1 heterocycles. The summed E-state index contributed by atoms with van der Waals surface area (Å²) in [5, 5.41) is 8.75. The van der Waals surface area contributed by atoms with Crippen LogP contribution in [0.15, 0.2) is 0 Å². The second-order valence-corrected chi connectivity index (χ2v) is 4.36. The summed E-state index contributed by atoms with van der Waals surface area (Å²) in [6.45, 7) is 0.352. The number of aromatic nitrogens is 1. The number of carboxylic acids is 1. The van der Waals surface area contributed by atoms with Gasteiger partial charge in [-0.25, -0.2) is 9.78 Å². The lowest BCUT2D eigenvalue weighted by Crippen LogP contribution is -2.30. The van der Waals surface area contributed by atoms with Crippen molar-refractivity contribution in [1.82, 2.24) is 4.98 Å². The fraction of sp³-hybridized carbons (Fsp3) is 0.500. The van der Waals surface area contributed by atoms with Crippen molar-refractivity contribution < 1.29 is 23.1 Å². The number of carboxylic acid groups (broad SMARTS) is 1. The third-order valence-electron chi connectivity index (χ3n) is 1.73. The van der Waals surface area contributed by atoms with E-state index < -0.39 is 18.7 Å². The number of carbonyl (C=O) groups is 1. The molecule has 0 bridgehead atoms. The molecule has 1 N–H and O–H groups in total. The zero-order chi connectivity index (χ0) is 12.5. The predicted octanol–water partition coefficient (Wildman–Crippen LogP) is 2.15. The molecule has 0 unspecified atom stereocenters. The molecule has 0 amide bonds. The van der Waals surface area contributed by atoms with Gasteiger partial charge in [-0.2, -0.15) is 13.2 Å². The van der Waals surface area contributed by atoms with Crippen molar-refractivity contribution in [2.45, 2.75) is 13.1 Å². The molecule has 0 aromatic carbocycles. The molecule has 1 aromatic rings. The van der Waals surface area contributed by atoms with Gasteiger partial charge in [0.25, 0.3) is 0 Å². The Bertz CT molecular complexity index is 402. The molecule has 1 aromatic heterocycles. The van der Waals surface area contributed by atoms with E-state index in [4.69, 9.17) is 5.11 Å². The van der Waals surface area contributed by atoms with E-state index in [-0.39, 0.29) is 10.8 Å². The van der Waals surface area contributed by atoms with E-state index in [1.807, 2.05) is 0 Å². The number of hydrogen-bond acceptors (Lipinski definition) is 4. The first kappa shape index (κ1) is 12.8. The summed E-state index contributed by atoms with van der Waals surface area (Å²) < 4.78 is 36.2. The maximum atomic E-state index is 12.1. The molecule has 0 saturated heterocycles. The molecule has 16 heavy (non-hydrogen) atoms. The number of aromatic carboxylic acids is 1. The van der Waals surface area contributed by atoms with Gasteiger partial charge in [-0.05, 0) is 6.92 Å². The quantitative estimate of drug-likeness (QED) is 0.898. The van der Waals surface area contributed by atoms with E-state index in [9.17, 15) is 18.0 Å². The third kappa shape index (κ3) is 3.09. The van der Waals surface area contributed by atoms with Crippen molar-refractivity contribution in [3.8, 4) is 0 Å². The zero-order valence-electron chi connectivity index (χ0n) is 8.50. The Kier molecular flexibility index (Phi) is 3.41. The van der Waals surface area contributed by atoms with Crippen LogP contribution in [0.2, 0.25) is 0 Å². The summed E-state index contributed by atoms with van der Waals surface area (Å²) in [7, 11) is 1.22. The van der Waals surface area contributed by atoms with Crippen LogP contribution in [0.4, 0.5) is 18.3 Å². The van der Waals surface area contributed by atoms with Gasteiger partial charge in [-0.1, -0.05) is 0 Å². The van der Waals surface area contributed by atoms with Crippen LogP contribution in [0, 0.1) is 6.92 Å². The van der Waals surface area contributed by atoms with Crippen LogP contribution in [0.25, 0.3) is 0 Å². The van der Waals surface area contributed by atoms with Gasteiger partial charge in [0.1, 0.15) is 6.54 Å². The molecule has 8 heteroatoms. The highest BCUT2D eigenvalue weighted by molar-refractivity contribution is 7.15. The van der Waals surface area contributed by atoms with Crippen LogP contribution in [0.1, 0.15) is 15.4 Å². The van der Waals surface area contributed by atoms with E-state index in [2.05, 4.69) is 4.98 Å². The summed E-state index contributed by atoms with van der Waals surface area (Å²) in [6, 6.07) is 0. The first-order valence-corrected chi connectivity index (χ1v) is 5.01. The third-order valence-corrected chi connectivity index (χ3v) is 2.82. The average Bonchev–Trinajstić information content (AvgIpc) is 2.44. The van der Waals surface area contributed by atoms with Crippen molar-refractivity contribution in [1.29, 1.82) is 0 Å². The molecule has 4 nitrogen and oxygen atoms in total. The minimum atomic E-state index is -4.34. The van der Waals surface area contributed by atoms with Crippen LogP contribution in [-0.2, 0) is 0 Å². The van der Waals surface area contributed by atoms with Gasteiger partial charge < -0.3 is 10.0 Å². The monoisotopic (exact) mass is 254 g/mol. The van der Waals surface area contributed by atoms with Gasteiger partial charge in [0.15, 0.2) is 10.8 Å². The van der Waals surface area contributed by atoms with Crippen molar-refractivity contribution in [2.75, 3.05) is 18.5 Å². The normalized spacial score (nSPS) is 11.6. The maximum absolute atomic E-state index is 12.1. The first-order valence-electron chi connectivity index (χ1n) is 4.19. The minimum Gasteiger partial charge on any atom is -0.476 e. The number of hydrogen-bond donors (Lipinski definition) is 1. The van der Waals surface area contributed by atoms with Gasteiger partial charge in [0.05, 0.1) is 0 Å². The van der Waals surface area contributed by atoms with Crippen molar-refractivity contribution in [3.63, 3.8) is 0 Å². The van der Waals surface area contributed by atoms with E-state index in [1.54, 1.807) is 0 Å². The summed E-state index contributed by atoms with van der Waals surface area (Å²) in [5.74, 6) is -1.24. The number of aryl methyl sites for hydroxylation is 1. The van der Waals surface area contributed by atoms with Crippen LogP contribution < -0.4 is 4.90 Å². The van der Waals surface area contributed by atoms with Crippen LogP contribution in [0.3, 0.4) is 0 Å². The molecule has 0 fully saturated rings. The second-order valence-electron chi connectivity index (χ2n) is 3.18. The summed E-state index contributed by atoms with van der Waals surface area (Å²) >= 11 is 0.925. The highest BCUT2D eigenvalue weighted by atomic mass is 32.1. The van der Waals surface area contributed by atoms with Gasteiger partial charge >= 0.3 is 12.1 Å². The van der Waals surface area contributed by atoms with Crippen LogP contribution in [-0.4, -0.2) is 35.8 Å². The van der Waals surface area contributed by atoms with E-state index in [0.717, 1.165) is 16.2 Å². The SMILES string of the molecule is Cc1sc(N(C)CC(F)(F)F)nc1C(=O)O. The van der Waals surface area contributed by atoms with E-state index in [1.165, 1.54) is 14.0 Å². The Morgan fingerprint density at radius 2 is 2.12 bits per heavy atom. The average molecular weight is 254 g/mol. The molecule has 0 spiro atoms. The largest absolute Gasteiger partial charge is 0.476 e. The lowest BCUT2D eigenvalue weighted by molar-refractivity contribution is -0.119. The topological polar surface area (TPSA) is 53.4 Å².